The second-order valence-electron chi connectivity index (χ2n) is 4.04. The number of amides is 1. The van der Waals surface area contributed by atoms with Gasteiger partial charge in [-0.25, -0.2) is 9.07 Å². The highest BCUT2D eigenvalue weighted by Gasteiger charge is 2.56. The van der Waals surface area contributed by atoms with E-state index in [-0.39, 0.29) is 5.69 Å². The first kappa shape index (κ1) is 14.1. The van der Waals surface area contributed by atoms with Gasteiger partial charge < -0.3 is 20.7 Å². The number of aliphatic hydroxyl groups is 2. The molecular formula is C8H10FN7O4. The van der Waals surface area contributed by atoms with Gasteiger partial charge in [0, 0.05) is 4.91 Å². The van der Waals surface area contributed by atoms with Crippen LogP contribution >= 0.6 is 0 Å². The second-order valence-corrected chi connectivity index (χ2v) is 4.04. The van der Waals surface area contributed by atoms with Crippen LogP contribution in [0.4, 0.5) is 4.39 Å². The molecule has 0 aliphatic carbocycles. The first-order valence-corrected chi connectivity index (χ1v) is 5.34. The zero-order valence-corrected chi connectivity index (χ0v) is 9.87. The van der Waals surface area contributed by atoms with Gasteiger partial charge in [0.05, 0.1) is 12.8 Å². The molecule has 0 bridgehead atoms. The number of hydrogen-bond donors (Lipinski definition) is 3. The molecule has 1 unspecified atom stereocenters. The fourth-order valence-electron chi connectivity index (χ4n) is 1.78. The van der Waals surface area contributed by atoms with E-state index in [1.165, 1.54) is 0 Å². The summed E-state index contributed by atoms with van der Waals surface area (Å²) in [5, 5.41) is 28.8. The lowest BCUT2D eigenvalue weighted by Gasteiger charge is -2.23. The van der Waals surface area contributed by atoms with E-state index < -0.39 is 36.7 Å². The average Bonchev–Trinajstić information content (AvgIpc) is 2.99. The summed E-state index contributed by atoms with van der Waals surface area (Å²) in [5.74, 6) is -0.881. The van der Waals surface area contributed by atoms with Crippen molar-refractivity contribution in [3.63, 3.8) is 0 Å². The number of azide groups is 1. The van der Waals surface area contributed by atoms with Gasteiger partial charge in [0.25, 0.3) is 5.91 Å². The standard InChI is InChI=1S/C8H10FN7O4/c9-4-5(18)8(2-17,13-14-11)20-7(4)16-1-3(6(10)19)12-15-16/h1,4-5,7,17-18H,2H2,(H2,10,19)/t4-,5-,7+,8?/m0/s1. The number of nitrogens with two attached hydrogens (primary N) is 1. The lowest BCUT2D eigenvalue weighted by Crippen LogP contribution is -2.43. The summed E-state index contributed by atoms with van der Waals surface area (Å²) in [6, 6.07) is 0. The Labute approximate surface area is 110 Å². The van der Waals surface area contributed by atoms with Gasteiger partial charge in [0.1, 0.15) is 6.10 Å². The van der Waals surface area contributed by atoms with Gasteiger partial charge in [-0.1, -0.05) is 10.3 Å². The zero-order chi connectivity index (χ0) is 14.9. The molecule has 108 valence electrons. The number of aliphatic hydroxyl groups excluding tert-OH is 2. The normalized spacial score (nSPS) is 32.9. The number of carbonyl (C=O) groups is 1. The lowest BCUT2D eigenvalue weighted by atomic mass is 10.1. The van der Waals surface area contributed by atoms with Crippen molar-refractivity contribution in [1.29, 1.82) is 0 Å². The molecule has 0 aromatic carbocycles. The number of alkyl halides is 1. The Morgan fingerprint density at radius 2 is 2.50 bits per heavy atom. The van der Waals surface area contributed by atoms with E-state index in [1.807, 2.05) is 0 Å². The first-order valence-electron chi connectivity index (χ1n) is 5.34. The van der Waals surface area contributed by atoms with Crippen LogP contribution in [-0.2, 0) is 4.74 Å². The molecule has 2 heterocycles. The molecule has 1 aliphatic rings. The summed E-state index contributed by atoms with van der Waals surface area (Å²) in [4.78, 5) is 13.3. The monoisotopic (exact) mass is 287 g/mol. The van der Waals surface area contributed by atoms with Crippen molar-refractivity contribution in [2.45, 2.75) is 24.2 Å². The molecule has 20 heavy (non-hydrogen) atoms. The van der Waals surface area contributed by atoms with Crippen LogP contribution in [-0.4, -0.2) is 55.7 Å². The van der Waals surface area contributed by atoms with Crippen LogP contribution in [0.3, 0.4) is 0 Å². The lowest BCUT2D eigenvalue weighted by molar-refractivity contribution is -0.126. The molecule has 0 spiro atoms. The molecule has 1 fully saturated rings. The second kappa shape index (κ2) is 5.02. The maximum Gasteiger partial charge on any atom is 0.270 e. The van der Waals surface area contributed by atoms with E-state index in [4.69, 9.17) is 21.1 Å². The molecule has 11 nitrogen and oxygen atoms in total. The third kappa shape index (κ3) is 2.06. The van der Waals surface area contributed by atoms with E-state index in [1.54, 1.807) is 0 Å². The Bertz CT molecular complexity index is 573. The largest absolute Gasteiger partial charge is 0.393 e. The molecule has 1 aromatic rings. The van der Waals surface area contributed by atoms with Crippen molar-refractivity contribution in [1.82, 2.24) is 15.0 Å². The van der Waals surface area contributed by atoms with Crippen LogP contribution in [0.5, 0.6) is 0 Å². The van der Waals surface area contributed by atoms with Crippen LogP contribution in [0.1, 0.15) is 16.7 Å². The highest BCUT2D eigenvalue weighted by atomic mass is 19.1. The Balaban J connectivity index is 2.34. The summed E-state index contributed by atoms with van der Waals surface area (Å²) in [6.45, 7) is -0.938. The number of primary amides is 1. The number of halogens is 1. The summed E-state index contributed by atoms with van der Waals surface area (Å²) >= 11 is 0. The average molecular weight is 287 g/mol. The summed E-state index contributed by atoms with van der Waals surface area (Å²) in [7, 11) is 0. The van der Waals surface area contributed by atoms with E-state index in [0.29, 0.717) is 0 Å². The summed E-state index contributed by atoms with van der Waals surface area (Å²) < 4.78 is 19.9. The van der Waals surface area contributed by atoms with Gasteiger partial charge in [0.15, 0.2) is 18.1 Å². The van der Waals surface area contributed by atoms with Crippen LogP contribution in [0.25, 0.3) is 10.4 Å². The molecule has 12 heteroatoms. The Kier molecular flexibility index (Phi) is 3.55. The quantitative estimate of drug-likeness (QED) is 0.349. The molecule has 4 atom stereocenters. The number of hydrogen-bond acceptors (Lipinski definition) is 7. The van der Waals surface area contributed by atoms with Crippen LogP contribution < -0.4 is 5.73 Å². The summed E-state index contributed by atoms with van der Waals surface area (Å²) in [6.07, 6.45) is -4.48. The molecule has 1 amide bonds. The smallest absolute Gasteiger partial charge is 0.270 e. The van der Waals surface area contributed by atoms with Crippen molar-refractivity contribution in [2.75, 3.05) is 6.61 Å². The Morgan fingerprint density at radius 1 is 1.80 bits per heavy atom. The van der Waals surface area contributed by atoms with E-state index >= 15 is 0 Å². The van der Waals surface area contributed by atoms with Crippen LogP contribution in [0, 0.1) is 0 Å². The number of ether oxygens (including phenoxy) is 1. The van der Waals surface area contributed by atoms with Gasteiger partial charge in [-0.15, -0.1) is 5.10 Å². The minimum atomic E-state index is -2.17. The number of carbonyl (C=O) groups excluding carboxylic acids is 1. The molecule has 4 N–H and O–H groups in total. The third-order valence-corrected chi connectivity index (χ3v) is 2.83. The maximum atomic E-state index is 14.0. The molecule has 2 rings (SSSR count). The zero-order valence-electron chi connectivity index (χ0n) is 9.87. The molecular weight excluding hydrogens is 277 g/mol. The maximum absolute atomic E-state index is 14.0. The highest BCUT2D eigenvalue weighted by Crippen LogP contribution is 2.39. The van der Waals surface area contributed by atoms with Gasteiger partial charge in [-0.05, 0) is 5.53 Å². The van der Waals surface area contributed by atoms with Gasteiger partial charge in [-0.3, -0.25) is 4.79 Å². The van der Waals surface area contributed by atoms with E-state index in [0.717, 1.165) is 10.9 Å². The molecule has 0 radical (unpaired) electrons. The third-order valence-electron chi connectivity index (χ3n) is 2.83. The van der Waals surface area contributed by atoms with Crippen molar-refractivity contribution in [3.8, 4) is 0 Å². The number of aromatic nitrogens is 3. The highest BCUT2D eigenvalue weighted by molar-refractivity contribution is 5.90. The topological polar surface area (TPSA) is 172 Å². The van der Waals surface area contributed by atoms with Crippen molar-refractivity contribution < 1.29 is 24.1 Å². The van der Waals surface area contributed by atoms with Gasteiger partial charge >= 0.3 is 0 Å². The van der Waals surface area contributed by atoms with E-state index in [2.05, 4.69) is 20.3 Å². The van der Waals surface area contributed by atoms with Gasteiger partial charge in [0.2, 0.25) is 5.72 Å². The fourth-order valence-corrected chi connectivity index (χ4v) is 1.78. The number of rotatable bonds is 4. The number of nitrogens with zero attached hydrogens (tertiary/aromatic N) is 6. The summed E-state index contributed by atoms with van der Waals surface area (Å²) in [5.41, 5.74) is 11.0. The minimum Gasteiger partial charge on any atom is -0.393 e. The molecule has 1 aliphatic heterocycles. The van der Waals surface area contributed by atoms with E-state index in [9.17, 15) is 14.3 Å². The minimum absolute atomic E-state index is 0.236. The fraction of sp³-hybridized carbons (Fsp3) is 0.625. The predicted molar refractivity (Wildman–Crippen MR) is 58.5 cm³/mol. The predicted octanol–water partition coefficient (Wildman–Crippen LogP) is -1.40. The SMILES string of the molecule is [N-]=[N+]=NC1(CO)O[C@@H](n2cc(C(N)=O)nn2)[C@@H](F)[C@@H]1O. The first-order chi connectivity index (χ1) is 9.45. The van der Waals surface area contributed by atoms with Crippen molar-refractivity contribution >= 4 is 5.91 Å². The molecule has 1 saturated heterocycles. The van der Waals surface area contributed by atoms with Crippen LogP contribution in [0.15, 0.2) is 11.3 Å². The Hall–Kier alpha value is -2.27. The van der Waals surface area contributed by atoms with Crippen LogP contribution in [0.2, 0.25) is 0 Å². The van der Waals surface area contributed by atoms with Crippen molar-refractivity contribution in [2.24, 2.45) is 10.8 Å². The molecule has 0 saturated carbocycles. The van der Waals surface area contributed by atoms with Gasteiger partial charge in [-0.2, -0.15) is 0 Å². The van der Waals surface area contributed by atoms with Crippen molar-refractivity contribution in [3.05, 3.63) is 22.3 Å². The molecule has 1 aromatic heterocycles. The Morgan fingerprint density at radius 3 is 3.00 bits per heavy atom.